The molecule has 94 valence electrons. The van der Waals surface area contributed by atoms with Crippen LogP contribution < -0.4 is 0 Å². The third kappa shape index (κ3) is 2.83. The highest BCUT2D eigenvalue weighted by atomic mass is 35.5. The molecule has 2 nitrogen and oxygen atoms in total. The van der Waals surface area contributed by atoms with E-state index >= 15 is 0 Å². The lowest BCUT2D eigenvalue weighted by Crippen LogP contribution is -2.06. The van der Waals surface area contributed by atoms with Crippen LogP contribution in [0.5, 0.6) is 0 Å². The maximum Gasteiger partial charge on any atom is 0.129 e. The summed E-state index contributed by atoms with van der Waals surface area (Å²) in [5.41, 5.74) is 0.494. The molecule has 1 N–H and O–H groups in total. The van der Waals surface area contributed by atoms with Crippen LogP contribution in [-0.4, -0.2) is 10.1 Å². The molecular weight excluding hydrogens is 260 g/mol. The van der Waals surface area contributed by atoms with Gasteiger partial charge in [0.05, 0.1) is 10.7 Å². The van der Waals surface area contributed by atoms with Gasteiger partial charge < -0.3 is 5.11 Å². The third-order valence-electron chi connectivity index (χ3n) is 2.53. The molecule has 0 spiro atoms. The van der Waals surface area contributed by atoms with Gasteiger partial charge in [0.25, 0.3) is 0 Å². The van der Waals surface area contributed by atoms with Gasteiger partial charge in [0.1, 0.15) is 17.7 Å². The molecule has 0 saturated heterocycles. The number of halogens is 3. The molecule has 2 rings (SSSR count). The second-order valence-electron chi connectivity index (χ2n) is 3.83. The van der Waals surface area contributed by atoms with Crippen LogP contribution in [0.2, 0.25) is 5.02 Å². The van der Waals surface area contributed by atoms with Crippen LogP contribution in [0.25, 0.3) is 0 Å². The topological polar surface area (TPSA) is 33.1 Å². The van der Waals surface area contributed by atoms with E-state index in [4.69, 9.17) is 11.6 Å². The van der Waals surface area contributed by atoms with Gasteiger partial charge in [-0.15, -0.1) is 0 Å². The average Bonchev–Trinajstić information content (AvgIpc) is 2.33. The Morgan fingerprint density at radius 3 is 2.72 bits per heavy atom. The van der Waals surface area contributed by atoms with E-state index in [-0.39, 0.29) is 17.7 Å². The van der Waals surface area contributed by atoms with Gasteiger partial charge in [-0.2, -0.15) is 0 Å². The van der Waals surface area contributed by atoms with Gasteiger partial charge in [0, 0.05) is 18.7 Å². The van der Waals surface area contributed by atoms with E-state index in [2.05, 4.69) is 4.98 Å². The fourth-order valence-corrected chi connectivity index (χ4v) is 1.88. The molecule has 1 aromatic carbocycles. The first kappa shape index (κ1) is 12.9. The number of aliphatic hydroxyl groups is 1. The fraction of sp³-hybridized carbons (Fsp3) is 0.154. The van der Waals surface area contributed by atoms with Crippen molar-refractivity contribution in [3.8, 4) is 0 Å². The lowest BCUT2D eigenvalue weighted by molar-refractivity contribution is 0.172. The number of rotatable bonds is 3. The van der Waals surface area contributed by atoms with Crippen LogP contribution in [-0.2, 0) is 6.42 Å². The number of nitrogens with zero attached hydrogens (tertiary/aromatic N) is 1. The summed E-state index contributed by atoms with van der Waals surface area (Å²) >= 11 is 5.87. The van der Waals surface area contributed by atoms with Crippen LogP contribution in [0.1, 0.15) is 17.4 Å². The smallest absolute Gasteiger partial charge is 0.129 e. The Balaban J connectivity index is 2.21. The van der Waals surface area contributed by atoms with E-state index < -0.39 is 17.7 Å². The number of aliphatic hydroxyl groups excluding tert-OH is 1. The Morgan fingerprint density at radius 1 is 1.28 bits per heavy atom. The highest BCUT2D eigenvalue weighted by Gasteiger charge is 2.15. The molecule has 0 fully saturated rings. The van der Waals surface area contributed by atoms with E-state index in [9.17, 15) is 13.9 Å². The highest BCUT2D eigenvalue weighted by molar-refractivity contribution is 6.31. The molecule has 1 atom stereocenters. The highest BCUT2D eigenvalue weighted by Crippen LogP contribution is 2.24. The summed E-state index contributed by atoms with van der Waals surface area (Å²) in [5, 5.41) is 10.3. The van der Waals surface area contributed by atoms with Gasteiger partial charge >= 0.3 is 0 Å². The molecule has 0 saturated carbocycles. The Labute approximate surface area is 108 Å². The van der Waals surface area contributed by atoms with E-state index in [0.29, 0.717) is 5.02 Å². The minimum atomic E-state index is -1.03. The SMILES string of the molecule is OC(Cc1ccc(F)cc1F)c1ncccc1Cl. The summed E-state index contributed by atoms with van der Waals surface area (Å²) < 4.78 is 26.2. The normalized spacial score (nSPS) is 12.4. The number of benzene rings is 1. The zero-order valence-electron chi connectivity index (χ0n) is 9.28. The average molecular weight is 270 g/mol. The van der Waals surface area contributed by atoms with Gasteiger partial charge in [-0.25, -0.2) is 8.78 Å². The van der Waals surface area contributed by atoms with Gasteiger partial charge in [-0.1, -0.05) is 17.7 Å². The second-order valence-corrected chi connectivity index (χ2v) is 4.23. The Hall–Kier alpha value is -1.52. The van der Waals surface area contributed by atoms with Crippen molar-refractivity contribution in [3.63, 3.8) is 0 Å². The standard InChI is InChI=1S/C13H10ClF2NO/c14-10-2-1-5-17-13(10)12(18)6-8-3-4-9(15)7-11(8)16/h1-5,7,12,18H,6H2. The van der Waals surface area contributed by atoms with E-state index in [1.54, 1.807) is 12.1 Å². The minimum absolute atomic E-state index is 0.0111. The lowest BCUT2D eigenvalue weighted by atomic mass is 10.0. The monoisotopic (exact) mass is 269 g/mol. The predicted octanol–water partition coefficient (Wildman–Crippen LogP) is 3.29. The van der Waals surface area contributed by atoms with Crippen molar-refractivity contribution in [1.82, 2.24) is 4.98 Å². The third-order valence-corrected chi connectivity index (χ3v) is 2.85. The Bertz CT molecular complexity index is 562. The van der Waals surface area contributed by atoms with Gasteiger partial charge in [-0.05, 0) is 23.8 Å². The molecule has 0 aliphatic carbocycles. The van der Waals surface area contributed by atoms with Crippen LogP contribution >= 0.6 is 11.6 Å². The molecule has 1 heterocycles. The molecule has 0 radical (unpaired) electrons. The largest absolute Gasteiger partial charge is 0.386 e. The Kier molecular flexibility index (Phi) is 3.89. The summed E-state index contributed by atoms with van der Waals surface area (Å²) in [6.07, 6.45) is 0.451. The molecule has 2 aromatic rings. The van der Waals surface area contributed by atoms with Crippen LogP contribution in [0.4, 0.5) is 8.78 Å². The number of hydrogen-bond donors (Lipinski definition) is 1. The van der Waals surface area contributed by atoms with Crippen molar-refractivity contribution in [1.29, 1.82) is 0 Å². The molecule has 1 aromatic heterocycles. The molecule has 0 aliphatic rings. The van der Waals surface area contributed by atoms with E-state index in [1.165, 1.54) is 12.3 Å². The number of pyridine rings is 1. The Morgan fingerprint density at radius 2 is 2.06 bits per heavy atom. The first-order chi connectivity index (χ1) is 8.58. The number of hydrogen-bond acceptors (Lipinski definition) is 2. The van der Waals surface area contributed by atoms with Crippen LogP contribution in [0.15, 0.2) is 36.5 Å². The van der Waals surface area contributed by atoms with Gasteiger partial charge in [0.2, 0.25) is 0 Å². The zero-order chi connectivity index (χ0) is 13.1. The van der Waals surface area contributed by atoms with Crippen molar-refractivity contribution < 1.29 is 13.9 Å². The molecule has 5 heteroatoms. The summed E-state index contributed by atoms with van der Waals surface area (Å²) in [4.78, 5) is 3.94. The molecule has 0 aliphatic heterocycles. The zero-order valence-corrected chi connectivity index (χ0v) is 10.0. The van der Waals surface area contributed by atoms with Crippen molar-refractivity contribution in [2.45, 2.75) is 12.5 Å². The fourth-order valence-electron chi connectivity index (χ4n) is 1.64. The summed E-state index contributed by atoms with van der Waals surface area (Å²) in [6, 6.07) is 6.45. The first-order valence-corrected chi connectivity index (χ1v) is 5.68. The predicted molar refractivity (Wildman–Crippen MR) is 64.3 cm³/mol. The molecule has 18 heavy (non-hydrogen) atoms. The molecule has 0 bridgehead atoms. The van der Waals surface area contributed by atoms with Gasteiger partial charge in [-0.3, -0.25) is 4.98 Å². The summed E-state index contributed by atoms with van der Waals surface area (Å²) in [5.74, 6) is -1.34. The van der Waals surface area contributed by atoms with Crippen LogP contribution in [0, 0.1) is 11.6 Å². The number of aromatic nitrogens is 1. The molecule has 1 unspecified atom stereocenters. The lowest BCUT2D eigenvalue weighted by Gasteiger charge is -2.12. The summed E-state index contributed by atoms with van der Waals surface area (Å²) in [6.45, 7) is 0. The van der Waals surface area contributed by atoms with Crippen LogP contribution in [0.3, 0.4) is 0 Å². The van der Waals surface area contributed by atoms with Gasteiger partial charge in [0.15, 0.2) is 0 Å². The quantitative estimate of drug-likeness (QED) is 0.927. The maximum absolute atomic E-state index is 13.4. The van der Waals surface area contributed by atoms with Crippen molar-refractivity contribution in [2.24, 2.45) is 0 Å². The van der Waals surface area contributed by atoms with Crippen molar-refractivity contribution >= 4 is 11.6 Å². The van der Waals surface area contributed by atoms with E-state index in [0.717, 1.165) is 12.1 Å². The van der Waals surface area contributed by atoms with Crippen molar-refractivity contribution in [2.75, 3.05) is 0 Å². The second kappa shape index (κ2) is 5.42. The first-order valence-electron chi connectivity index (χ1n) is 5.30. The maximum atomic E-state index is 13.4. The minimum Gasteiger partial charge on any atom is -0.386 e. The summed E-state index contributed by atoms with van der Waals surface area (Å²) in [7, 11) is 0. The molecular formula is C13H10ClF2NO. The molecule has 0 amide bonds. The van der Waals surface area contributed by atoms with E-state index in [1.807, 2.05) is 0 Å². The van der Waals surface area contributed by atoms with Crippen molar-refractivity contribution in [3.05, 3.63) is 64.4 Å².